The average molecular weight is 264 g/mol. The second-order valence-electron chi connectivity index (χ2n) is 4.62. The van der Waals surface area contributed by atoms with Crippen LogP contribution in [0, 0.1) is 5.92 Å². The minimum atomic E-state index is -0.876. The standard InChI is InChI=1S/C14H16O3S/c1-9(2)7-17-8-11-10-5-3-4-6-12(10)18-13(11)14(15)16/h3-6,9H,7-8H2,1-2H3,(H,15,16). The Bertz CT molecular complexity index is 557. The van der Waals surface area contributed by atoms with Crippen molar-refractivity contribution in [2.75, 3.05) is 6.61 Å². The number of benzene rings is 1. The van der Waals surface area contributed by atoms with Crippen LogP contribution in [0.4, 0.5) is 0 Å². The number of ether oxygens (including phenoxy) is 1. The van der Waals surface area contributed by atoms with Gasteiger partial charge in [0.05, 0.1) is 6.61 Å². The van der Waals surface area contributed by atoms with Gasteiger partial charge in [-0.3, -0.25) is 0 Å². The van der Waals surface area contributed by atoms with E-state index in [0.717, 1.165) is 15.6 Å². The second-order valence-corrected chi connectivity index (χ2v) is 5.67. The molecule has 0 radical (unpaired) electrons. The predicted octanol–water partition coefficient (Wildman–Crippen LogP) is 3.77. The first-order valence-electron chi connectivity index (χ1n) is 5.91. The van der Waals surface area contributed by atoms with Crippen molar-refractivity contribution in [1.82, 2.24) is 0 Å². The molecule has 1 heterocycles. The van der Waals surface area contributed by atoms with Gasteiger partial charge < -0.3 is 9.84 Å². The van der Waals surface area contributed by atoms with Crippen LogP contribution >= 0.6 is 11.3 Å². The highest BCUT2D eigenvalue weighted by Gasteiger charge is 2.17. The Morgan fingerprint density at radius 3 is 2.78 bits per heavy atom. The molecule has 0 atom stereocenters. The lowest BCUT2D eigenvalue weighted by atomic mass is 10.1. The topological polar surface area (TPSA) is 46.5 Å². The summed E-state index contributed by atoms with van der Waals surface area (Å²) in [6.07, 6.45) is 0. The summed E-state index contributed by atoms with van der Waals surface area (Å²) in [5.74, 6) is -0.428. The van der Waals surface area contributed by atoms with Gasteiger partial charge >= 0.3 is 5.97 Å². The number of aromatic carboxylic acids is 1. The molecule has 0 saturated heterocycles. The third-order valence-corrected chi connectivity index (χ3v) is 3.79. The first kappa shape index (κ1) is 13.1. The third-order valence-electron chi connectivity index (χ3n) is 2.59. The van der Waals surface area contributed by atoms with Crippen LogP contribution in [0.5, 0.6) is 0 Å². The van der Waals surface area contributed by atoms with Crippen molar-refractivity contribution in [2.45, 2.75) is 20.5 Å². The van der Waals surface area contributed by atoms with Crippen LogP contribution in [0.15, 0.2) is 24.3 Å². The molecule has 0 unspecified atom stereocenters. The van der Waals surface area contributed by atoms with Crippen molar-refractivity contribution in [2.24, 2.45) is 5.92 Å². The van der Waals surface area contributed by atoms with Gasteiger partial charge in [-0.25, -0.2) is 4.79 Å². The van der Waals surface area contributed by atoms with E-state index >= 15 is 0 Å². The van der Waals surface area contributed by atoms with Crippen molar-refractivity contribution in [3.8, 4) is 0 Å². The summed E-state index contributed by atoms with van der Waals surface area (Å²) in [4.78, 5) is 11.6. The van der Waals surface area contributed by atoms with E-state index in [2.05, 4.69) is 13.8 Å². The summed E-state index contributed by atoms with van der Waals surface area (Å²) in [7, 11) is 0. The summed E-state index contributed by atoms with van der Waals surface area (Å²) in [5, 5.41) is 10.2. The van der Waals surface area contributed by atoms with Gasteiger partial charge in [0.2, 0.25) is 0 Å². The molecule has 1 N–H and O–H groups in total. The molecule has 0 aliphatic heterocycles. The molecular weight excluding hydrogens is 248 g/mol. The fourth-order valence-electron chi connectivity index (χ4n) is 1.81. The summed E-state index contributed by atoms with van der Waals surface area (Å²) >= 11 is 1.31. The van der Waals surface area contributed by atoms with Crippen molar-refractivity contribution < 1.29 is 14.6 Å². The largest absolute Gasteiger partial charge is 0.477 e. The van der Waals surface area contributed by atoms with E-state index in [9.17, 15) is 9.90 Å². The summed E-state index contributed by atoms with van der Waals surface area (Å²) in [6.45, 7) is 5.15. The van der Waals surface area contributed by atoms with Gasteiger partial charge in [-0.15, -0.1) is 11.3 Å². The van der Waals surface area contributed by atoms with E-state index in [4.69, 9.17) is 4.74 Å². The molecular formula is C14H16O3S. The number of carbonyl (C=O) groups is 1. The van der Waals surface area contributed by atoms with Gasteiger partial charge in [0.15, 0.2) is 0 Å². The maximum absolute atomic E-state index is 11.2. The minimum Gasteiger partial charge on any atom is -0.477 e. The Labute approximate surface area is 110 Å². The summed E-state index contributed by atoms with van der Waals surface area (Å²) in [6, 6.07) is 7.74. The van der Waals surface area contributed by atoms with E-state index in [1.807, 2.05) is 24.3 Å². The van der Waals surface area contributed by atoms with E-state index < -0.39 is 5.97 Å². The molecule has 0 saturated carbocycles. The quantitative estimate of drug-likeness (QED) is 0.894. The smallest absolute Gasteiger partial charge is 0.346 e. The number of thiophene rings is 1. The number of fused-ring (bicyclic) bond motifs is 1. The zero-order valence-corrected chi connectivity index (χ0v) is 11.3. The normalized spacial score (nSPS) is 11.3. The fourth-order valence-corrected chi connectivity index (χ4v) is 2.86. The summed E-state index contributed by atoms with van der Waals surface area (Å²) < 4.78 is 6.58. The van der Waals surface area contributed by atoms with Gasteiger partial charge in [-0.05, 0) is 17.4 Å². The lowest BCUT2D eigenvalue weighted by Crippen LogP contribution is -2.04. The van der Waals surface area contributed by atoms with E-state index in [1.165, 1.54) is 11.3 Å². The first-order chi connectivity index (χ1) is 8.59. The van der Waals surface area contributed by atoms with Crippen LogP contribution < -0.4 is 0 Å². The van der Waals surface area contributed by atoms with Gasteiger partial charge in [0.1, 0.15) is 4.88 Å². The minimum absolute atomic E-state index is 0.365. The molecule has 18 heavy (non-hydrogen) atoms. The summed E-state index contributed by atoms with van der Waals surface area (Å²) in [5.41, 5.74) is 0.795. The molecule has 1 aromatic carbocycles. The van der Waals surface area contributed by atoms with Crippen molar-refractivity contribution in [1.29, 1.82) is 0 Å². The highest BCUT2D eigenvalue weighted by molar-refractivity contribution is 7.21. The molecule has 4 heteroatoms. The third kappa shape index (κ3) is 2.71. The molecule has 0 amide bonds. The Morgan fingerprint density at radius 2 is 2.11 bits per heavy atom. The molecule has 0 spiro atoms. The monoisotopic (exact) mass is 264 g/mol. The Balaban J connectivity index is 2.33. The van der Waals surface area contributed by atoms with E-state index in [-0.39, 0.29) is 0 Å². The lowest BCUT2D eigenvalue weighted by Gasteiger charge is -2.07. The zero-order chi connectivity index (χ0) is 13.1. The van der Waals surface area contributed by atoms with Crippen LogP contribution in [0.2, 0.25) is 0 Å². The fraction of sp³-hybridized carbons (Fsp3) is 0.357. The second kappa shape index (κ2) is 5.50. The van der Waals surface area contributed by atoms with Gasteiger partial charge in [0, 0.05) is 16.9 Å². The first-order valence-corrected chi connectivity index (χ1v) is 6.72. The highest BCUT2D eigenvalue weighted by atomic mass is 32.1. The number of hydrogen-bond acceptors (Lipinski definition) is 3. The maximum Gasteiger partial charge on any atom is 0.346 e. The molecule has 96 valence electrons. The van der Waals surface area contributed by atoms with Crippen LogP contribution in [0.25, 0.3) is 10.1 Å². The number of hydrogen-bond donors (Lipinski definition) is 1. The Kier molecular flexibility index (Phi) is 3.99. The van der Waals surface area contributed by atoms with E-state index in [0.29, 0.717) is 24.0 Å². The maximum atomic E-state index is 11.2. The lowest BCUT2D eigenvalue weighted by molar-refractivity contribution is 0.0689. The number of carboxylic acids is 1. The van der Waals surface area contributed by atoms with Gasteiger partial charge in [-0.2, -0.15) is 0 Å². The van der Waals surface area contributed by atoms with Crippen LogP contribution in [-0.4, -0.2) is 17.7 Å². The highest BCUT2D eigenvalue weighted by Crippen LogP contribution is 2.31. The van der Waals surface area contributed by atoms with Crippen molar-refractivity contribution >= 4 is 27.4 Å². The van der Waals surface area contributed by atoms with Crippen LogP contribution in [0.3, 0.4) is 0 Å². The molecule has 0 fully saturated rings. The molecule has 3 nitrogen and oxygen atoms in total. The Morgan fingerprint density at radius 1 is 1.39 bits per heavy atom. The molecule has 1 aromatic heterocycles. The molecule has 0 aliphatic carbocycles. The van der Waals surface area contributed by atoms with Crippen LogP contribution in [0.1, 0.15) is 29.1 Å². The number of carboxylic acid groups (broad SMARTS) is 1. The average Bonchev–Trinajstić information content (AvgIpc) is 2.68. The SMILES string of the molecule is CC(C)COCc1c(C(=O)O)sc2ccccc12. The van der Waals surface area contributed by atoms with Crippen molar-refractivity contribution in [3.05, 3.63) is 34.7 Å². The predicted molar refractivity (Wildman–Crippen MR) is 73.3 cm³/mol. The molecule has 0 bridgehead atoms. The molecule has 2 aromatic rings. The van der Waals surface area contributed by atoms with Crippen molar-refractivity contribution in [3.63, 3.8) is 0 Å². The van der Waals surface area contributed by atoms with Gasteiger partial charge in [-0.1, -0.05) is 32.0 Å². The molecule has 2 rings (SSSR count). The zero-order valence-electron chi connectivity index (χ0n) is 10.5. The van der Waals surface area contributed by atoms with E-state index in [1.54, 1.807) is 0 Å². The Hall–Kier alpha value is -1.39. The van der Waals surface area contributed by atoms with Crippen LogP contribution in [-0.2, 0) is 11.3 Å². The van der Waals surface area contributed by atoms with Gasteiger partial charge in [0.25, 0.3) is 0 Å². The molecule has 0 aliphatic rings. The number of rotatable bonds is 5.